The standard InChI is InChI=1S/C21H23NO2S/c1-25(24)14-16-6-4-8-17(12-16)20(23)22-13-18-7-2-3-9-19(18)21(15-22)10-5-11-21/h2-4,6-9,12H,5,10-11,13-15H2,1H3/t25-/m0/s1. The van der Waals surface area contributed by atoms with Gasteiger partial charge in [-0.25, -0.2) is 0 Å². The normalized spacial score (nSPS) is 19.2. The Kier molecular flexibility index (Phi) is 4.24. The van der Waals surface area contributed by atoms with Crippen LogP contribution in [0.3, 0.4) is 0 Å². The third-order valence-corrected chi connectivity index (χ3v) is 6.33. The van der Waals surface area contributed by atoms with E-state index in [0.29, 0.717) is 17.9 Å². The molecule has 0 unspecified atom stereocenters. The van der Waals surface area contributed by atoms with Crippen molar-refractivity contribution in [2.45, 2.75) is 37.0 Å². The number of fused-ring (bicyclic) bond motifs is 2. The summed E-state index contributed by atoms with van der Waals surface area (Å²) in [6, 6.07) is 16.2. The fourth-order valence-corrected chi connectivity index (χ4v) is 4.92. The fourth-order valence-electron chi connectivity index (χ4n) is 4.27. The molecule has 4 rings (SSSR count). The molecule has 1 atom stereocenters. The highest BCUT2D eigenvalue weighted by Gasteiger charge is 2.45. The molecular formula is C21H23NO2S. The quantitative estimate of drug-likeness (QED) is 0.845. The van der Waals surface area contributed by atoms with Crippen molar-refractivity contribution in [3.05, 3.63) is 70.8 Å². The molecule has 2 aromatic rings. The molecule has 2 aliphatic rings. The first-order chi connectivity index (χ1) is 12.1. The van der Waals surface area contributed by atoms with Crippen molar-refractivity contribution in [3.63, 3.8) is 0 Å². The summed E-state index contributed by atoms with van der Waals surface area (Å²) in [5.41, 5.74) is 4.56. The molecule has 1 saturated carbocycles. The maximum absolute atomic E-state index is 13.1. The molecule has 130 valence electrons. The molecule has 2 aromatic carbocycles. The van der Waals surface area contributed by atoms with Gasteiger partial charge in [-0.2, -0.15) is 0 Å². The van der Waals surface area contributed by atoms with Crippen molar-refractivity contribution >= 4 is 16.7 Å². The van der Waals surface area contributed by atoms with Crippen LogP contribution in [0.1, 0.15) is 46.3 Å². The van der Waals surface area contributed by atoms with E-state index in [-0.39, 0.29) is 11.3 Å². The number of nitrogens with zero attached hydrogens (tertiary/aromatic N) is 1. The molecule has 1 aliphatic carbocycles. The maximum Gasteiger partial charge on any atom is 0.254 e. The minimum atomic E-state index is -0.902. The largest absolute Gasteiger partial charge is 0.333 e. The smallest absolute Gasteiger partial charge is 0.254 e. The van der Waals surface area contributed by atoms with E-state index in [1.54, 1.807) is 6.26 Å². The zero-order valence-corrected chi connectivity index (χ0v) is 15.3. The summed E-state index contributed by atoms with van der Waals surface area (Å²) in [5.74, 6) is 0.581. The van der Waals surface area contributed by atoms with E-state index in [4.69, 9.17) is 0 Å². The molecule has 1 amide bonds. The molecule has 25 heavy (non-hydrogen) atoms. The number of amides is 1. The molecule has 4 heteroatoms. The second-order valence-corrected chi connectivity index (χ2v) is 8.81. The minimum absolute atomic E-state index is 0.0875. The highest BCUT2D eigenvalue weighted by molar-refractivity contribution is 7.83. The predicted molar refractivity (Wildman–Crippen MR) is 101 cm³/mol. The van der Waals surface area contributed by atoms with Gasteiger partial charge in [0, 0.05) is 46.9 Å². The molecule has 0 aromatic heterocycles. The molecule has 0 N–H and O–H groups in total. The van der Waals surface area contributed by atoms with Crippen LogP contribution < -0.4 is 0 Å². The molecule has 1 spiro atoms. The van der Waals surface area contributed by atoms with Crippen LogP contribution in [0.25, 0.3) is 0 Å². The summed E-state index contributed by atoms with van der Waals surface area (Å²) in [6.45, 7) is 1.49. The Balaban J connectivity index is 1.62. The van der Waals surface area contributed by atoms with Crippen LogP contribution in [-0.2, 0) is 28.5 Å². The van der Waals surface area contributed by atoms with E-state index in [0.717, 1.165) is 12.1 Å². The Hall–Kier alpha value is -1.94. The highest BCUT2D eigenvalue weighted by atomic mass is 32.2. The lowest BCUT2D eigenvalue weighted by molar-refractivity contribution is 0.0587. The summed E-state index contributed by atoms with van der Waals surface area (Å²) >= 11 is 0. The molecule has 1 fully saturated rings. The molecule has 0 bridgehead atoms. The Labute approximate surface area is 151 Å². The molecule has 3 nitrogen and oxygen atoms in total. The highest BCUT2D eigenvalue weighted by Crippen LogP contribution is 2.48. The van der Waals surface area contributed by atoms with Crippen molar-refractivity contribution in [3.8, 4) is 0 Å². The van der Waals surface area contributed by atoms with E-state index in [9.17, 15) is 9.00 Å². The third kappa shape index (κ3) is 3.04. The second kappa shape index (κ2) is 6.41. The Morgan fingerprint density at radius 3 is 2.68 bits per heavy atom. The summed E-state index contributed by atoms with van der Waals surface area (Å²) in [4.78, 5) is 15.1. The lowest BCUT2D eigenvalue weighted by atomic mass is 9.61. The van der Waals surface area contributed by atoms with E-state index in [1.165, 1.54) is 30.4 Å². The predicted octanol–water partition coefficient (Wildman–Crippen LogP) is 3.64. The van der Waals surface area contributed by atoms with Gasteiger partial charge < -0.3 is 4.90 Å². The van der Waals surface area contributed by atoms with Gasteiger partial charge in [0.15, 0.2) is 0 Å². The molecular weight excluding hydrogens is 330 g/mol. The summed E-state index contributed by atoms with van der Waals surface area (Å²) in [5, 5.41) is 0. The average Bonchev–Trinajstić information content (AvgIpc) is 2.58. The summed E-state index contributed by atoms with van der Waals surface area (Å²) < 4.78 is 11.5. The van der Waals surface area contributed by atoms with Crippen molar-refractivity contribution in [1.82, 2.24) is 4.90 Å². The van der Waals surface area contributed by atoms with Gasteiger partial charge in [-0.05, 0) is 41.7 Å². The SMILES string of the molecule is C[S@](=O)Cc1cccc(C(=O)N2Cc3ccccc3C3(CCC3)C2)c1. The van der Waals surface area contributed by atoms with Gasteiger partial charge in [0.1, 0.15) is 0 Å². The lowest BCUT2D eigenvalue weighted by Crippen LogP contribution is -2.51. The number of carbonyl (C=O) groups excluding carboxylic acids is 1. The fraction of sp³-hybridized carbons (Fsp3) is 0.381. The van der Waals surface area contributed by atoms with Gasteiger partial charge in [0.2, 0.25) is 0 Å². The second-order valence-electron chi connectivity index (χ2n) is 7.37. The van der Waals surface area contributed by atoms with Crippen molar-refractivity contribution in [2.75, 3.05) is 12.8 Å². The van der Waals surface area contributed by atoms with Crippen LogP contribution in [-0.4, -0.2) is 27.8 Å². The van der Waals surface area contributed by atoms with E-state index < -0.39 is 10.8 Å². The zero-order valence-electron chi connectivity index (χ0n) is 14.5. The Morgan fingerprint density at radius 2 is 1.96 bits per heavy atom. The number of rotatable bonds is 3. The van der Waals surface area contributed by atoms with E-state index >= 15 is 0 Å². The van der Waals surface area contributed by atoms with Crippen LogP contribution in [0.5, 0.6) is 0 Å². The maximum atomic E-state index is 13.1. The van der Waals surface area contributed by atoms with Gasteiger partial charge in [-0.3, -0.25) is 9.00 Å². The molecule has 1 aliphatic heterocycles. The lowest BCUT2D eigenvalue weighted by Gasteiger charge is -2.50. The van der Waals surface area contributed by atoms with Crippen molar-refractivity contribution in [1.29, 1.82) is 0 Å². The van der Waals surface area contributed by atoms with Crippen molar-refractivity contribution < 1.29 is 9.00 Å². The van der Waals surface area contributed by atoms with Crippen molar-refractivity contribution in [2.24, 2.45) is 0 Å². The zero-order chi connectivity index (χ0) is 17.4. The third-order valence-electron chi connectivity index (χ3n) is 5.59. The summed E-state index contributed by atoms with van der Waals surface area (Å²) in [6.07, 6.45) is 5.27. The van der Waals surface area contributed by atoms with Crippen LogP contribution in [0.2, 0.25) is 0 Å². The number of hydrogen-bond acceptors (Lipinski definition) is 2. The molecule has 0 saturated heterocycles. The minimum Gasteiger partial charge on any atom is -0.333 e. The first kappa shape index (κ1) is 16.5. The summed E-state index contributed by atoms with van der Waals surface area (Å²) in [7, 11) is -0.902. The van der Waals surface area contributed by atoms with Crippen LogP contribution in [0.15, 0.2) is 48.5 Å². The van der Waals surface area contributed by atoms with Crippen LogP contribution in [0.4, 0.5) is 0 Å². The van der Waals surface area contributed by atoms with E-state index in [2.05, 4.69) is 24.3 Å². The first-order valence-electron chi connectivity index (χ1n) is 8.84. The van der Waals surface area contributed by atoms with Gasteiger partial charge in [0.05, 0.1) is 0 Å². The van der Waals surface area contributed by atoms with Gasteiger partial charge in [0.25, 0.3) is 5.91 Å². The average molecular weight is 353 g/mol. The number of benzene rings is 2. The Bertz CT molecular complexity index is 841. The number of carbonyl (C=O) groups is 1. The first-order valence-corrected chi connectivity index (χ1v) is 10.6. The van der Waals surface area contributed by atoms with E-state index in [1.807, 2.05) is 29.2 Å². The van der Waals surface area contributed by atoms with Gasteiger partial charge >= 0.3 is 0 Å². The van der Waals surface area contributed by atoms with Gasteiger partial charge in [-0.1, -0.05) is 42.8 Å². The molecule has 0 radical (unpaired) electrons. The topological polar surface area (TPSA) is 37.4 Å². The monoisotopic (exact) mass is 353 g/mol. The van der Waals surface area contributed by atoms with Crippen LogP contribution in [0, 0.1) is 0 Å². The van der Waals surface area contributed by atoms with Gasteiger partial charge in [-0.15, -0.1) is 0 Å². The Morgan fingerprint density at radius 1 is 1.16 bits per heavy atom. The van der Waals surface area contributed by atoms with Crippen LogP contribution >= 0.6 is 0 Å². The molecule has 1 heterocycles. The number of hydrogen-bond donors (Lipinski definition) is 0.